The van der Waals surface area contributed by atoms with E-state index in [-0.39, 0.29) is 6.61 Å². The van der Waals surface area contributed by atoms with Crippen molar-refractivity contribution in [3.63, 3.8) is 0 Å². The molecule has 0 aliphatic carbocycles. The second-order valence-corrected chi connectivity index (χ2v) is 5.21. The average Bonchev–Trinajstić information content (AvgIpc) is 2.66. The summed E-state index contributed by atoms with van der Waals surface area (Å²) in [6, 6.07) is 0. The Balaban J connectivity index is 2.93. The number of cyclic esters (lactones) is 1. The molecule has 0 amide bonds. The SMILES string of the molecule is CCOC(=O)[C@@H](CC(=S)N(C)C)[C@]1(C)C=CC(=O)O1. The highest BCUT2D eigenvalue weighted by atomic mass is 32.1. The number of hydrogen-bond donors (Lipinski definition) is 0. The predicted octanol–water partition coefficient (Wildman–Crippen LogP) is 1.32. The molecule has 1 aliphatic heterocycles. The predicted molar refractivity (Wildman–Crippen MR) is 74.7 cm³/mol. The van der Waals surface area contributed by atoms with Crippen molar-refractivity contribution in [2.75, 3.05) is 20.7 Å². The van der Waals surface area contributed by atoms with Gasteiger partial charge in [-0.25, -0.2) is 4.79 Å². The molecule has 0 aromatic heterocycles. The van der Waals surface area contributed by atoms with Gasteiger partial charge in [-0.05, 0) is 19.9 Å². The van der Waals surface area contributed by atoms with E-state index in [1.54, 1.807) is 24.8 Å². The fourth-order valence-electron chi connectivity index (χ4n) is 1.83. The fraction of sp³-hybridized carbons (Fsp3) is 0.615. The lowest BCUT2D eigenvalue weighted by atomic mass is 9.86. The van der Waals surface area contributed by atoms with E-state index in [1.165, 1.54) is 6.08 Å². The Labute approximate surface area is 118 Å². The maximum atomic E-state index is 12.1. The van der Waals surface area contributed by atoms with Crippen LogP contribution in [0, 0.1) is 5.92 Å². The zero-order valence-electron chi connectivity index (χ0n) is 11.6. The van der Waals surface area contributed by atoms with E-state index in [2.05, 4.69) is 0 Å². The van der Waals surface area contributed by atoms with Crippen LogP contribution in [0.25, 0.3) is 0 Å². The standard InChI is InChI=1S/C13H19NO4S/c1-5-17-12(16)9(8-10(19)14(3)4)13(2)7-6-11(15)18-13/h6-7,9H,5,8H2,1-4H3/t9-,13+/m1/s1. The Morgan fingerprint density at radius 3 is 2.63 bits per heavy atom. The van der Waals surface area contributed by atoms with Crippen LogP contribution in [0.3, 0.4) is 0 Å². The lowest BCUT2D eigenvalue weighted by Crippen LogP contribution is -2.42. The summed E-state index contributed by atoms with van der Waals surface area (Å²) in [6.45, 7) is 3.70. The molecular weight excluding hydrogens is 266 g/mol. The molecule has 0 bridgehead atoms. The van der Waals surface area contributed by atoms with Crippen molar-refractivity contribution in [1.29, 1.82) is 0 Å². The van der Waals surface area contributed by atoms with Gasteiger partial charge >= 0.3 is 11.9 Å². The molecule has 2 atom stereocenters. The third-order valence-corrected chi connectivity index (χ3v) is 3.54. The zero-order valence-corrected chi connectivity index (χ0v) is 12.5. The number of thiocarbonyl (C=S) groups is 1. The number of esters is 2. The van der Waals surface area contributed by atoms with Crippen LogP contribution in [-0.4, -0.2) is 48.1 Å². The van der Waals surface area contributed by atoms with Gasteiger partial charge in [-0.1, -0.05) is 12.2 Å². The van der Waals surface area contributed by atoms with Crippen LogP contribution in [0.15, 0.2) is 12.2 Å². The van der Waals surface area contributed by atoms with E-state index in [0.29, 0.717) is 11.4 Å². The molecule has 19 heavy (non-hydrogen) atoms. The number of carbonyl (C=O) groups is 2. The van der Waals surface area contributed by atoms with Crippen LogP contribution < -0.4 is 0 Å². The number of nitrogens with zero attached hydrogens (tertiary/aromatic N) is 1. The summed E-state index contributed by atoms with van der Waals surface area (Å²) >= 11 is 5.23. The first-order valence-corrected chi connectivity index (χ1v) is 6.50. The van der Waals surface area contributed by atoms with Crippen LogP contribution in [0.1, 0.15) is 20.3 Å². The molecule has 106 valence electrons. The molecule has 0 aromatic rings. The molecular formula is C13H19NO4S. The van der Waals surface area contributed by atoms with Crippen molar-refractivity contribution in [2.45, 2.75) is 25.9 Å². The van der Waals surface area contributed by atoms with Crippen molar-refractivity contribution in [3.8, 4) is 0 Å². The van der Waals surface area contributed by atoms with Gasteiger partial charge in [0.1, 0.15) is 11.5 Å². The molecule has 0 saturated carbocycles. The Hall–Kier alpha value is -1.43. The Bertz CT molecular complexity index is 419. The van der Waals surface area contributed by atoms with Crippen molar-refractivity contribution < 1.29 is 19.1 Å². The maximum Gasteiger partial charge on any atom is 0.331 e. The third kappa shape index (κ3) is 3.76. The molecule has 1 aliphatic rings. The summed E-state index contributed by atoms with van der Waals surface area (Å²) in [4.78, 5) is 25.7. The number of ether oxygens (including phenoxy) is 2. The second-order valence-electron chi connectivity index (χ2n) is 4.74. The van der Waals surface area contributed by atoms with Crippen molar-refractivity contribution in [2.24, 2.45) is 5.92 Å². The van der Waals surface area contributed by atoms with Crippen molar-refractivity contribution in [1.82, 2.24) is 4.90 Å². The minimum atomic E-state index is -0.997. The third-order valence-electron chi connectivity index (χ3n) is 3.01. The molecule has 0 unspecified atom stereocenters. The van der Waals surface area contributed by atoms with E-state index in [9.17, 15) is 9.59 Å². The smallest absolute Gasteiger partial charge is 0.331 e. The van der Waals surface area contributed by atoms with Gasteiger partial charge in [-0.15, -0.1) is 0 Å². The molecule has 0 N–H and O–H groups in total. The Morgan fingerprint density at radius 2 is 2.21 bits per heavy atom. The van der Waals surface area contributed by atoms with E-state index < -0.39 is 23.5 Å². The van der Waals surface area contributed by atoms with Crippen LogP contribution in [0.5, 0.6) is 0 Å². The molecule has 0 fully saturated rings. The van der Waals surface area contributed by atoms with E-state index in [1.807, 2.05) is 14.1 Å². The summed E-state index contributed by atoms with van der Waals surface area (Å²) in [7, 11) is 3.62. The highest BCUT2D eigenvalue weighted by molar-refractivity contribution is 7.80. The molecule has 1 heterocycles. The first-order chi connectivity index (χ1) is 8.80. The lowest BCUT2D eigenvalue weighted by Gasteiger charge is -2.31. The summed E-state index contributed by atoms with van der Waals surface area (Å²) < 4.78 is 10.3. The normalized spacial score (nSPS) is 22.8. The van der Waals surface area contributed by atoms with Gasteiger partial charge in [0.15, 0.2) is 0 Å². The average molecular weight is 285 g/mol. The molecule has 1 rings (SSSR count). The quantitative estimate of drug-likeness (QED) is 0.561. The summed E-state index contributed by atoms with van der Waals surface area (Å²) in [5.41, 5.74) is -0.997. The molecule has 0 aromatic carbocycles. The molecule has 5 nitrogen and oxygen atoms in total. The first-order valence-electron chi connectivity index (χ1n) is 6.09. The number of rotatable bonds is 5. The maximum absolute atomic E-state index is 12.1. The summed E-state index contributed by atoms with van der Waals surface area (Å²) in [6.07, 6.45) is 3.22. The van der Waals surface area contributed by atoms with Gasteiger partial charge in [0.25, 0.3) is 0 Å². The molecule has 6 heteroatoms. The van der Waals surface area contributed by atoms with E-state index >= 15 is 0 Å². The minimum absolute atomic E-state index is 0.276. The Morgan fingerprint density at radius 1 is 1.58 bits per heavy atom. The van der Waals surface area contributed by atoms with Gasteiger partial charge in [-0.3, -0.25) is 4.79 Å². The van der Waals surface area contributed by atoms with Gasteiger partial charge in [-0.2, -0.15) is 0 Å². The second kappa shape index (κ2) is 6.14. The van der Waals surface area contributed by atoms with Crippen LogP contribution in [-0.2, 0) is 19.1 Å². The Kier molecular flexibility index (Phi) is 5.05. The van der Waals surface area contributed by atoms with E-state index in [4.69, 9.17) is 21.7 Å². The van der Waals surface area contributed by atoms with Crippen molar-refractivity contribution in [3.05, 3.63) is 12.2 Å². The van der Waals surface area contributed by atoms with Crippen molar-refractivity contribution >= 4 is 29.1 Å². The van der Waals surface area contributed by atoms with Gasteiger partial charge in [0.2, 0.25) is 0 Å². The highest BCUT2D eigenvalue weighted by Gasteiger charge is 2.44. The largest absolute Gasteiger partial charge is 0.466 e. The topological polar surface area (TPSA) is 55.8 Å². The number of hydrogen-bond acceptors (Lipinski definition) is 5. The first kappa shape index (κ1) is 15.6. The summed E-state index contributed by atoms with van der Waals surface area (Å²) in [5, 5.41) is 0. The van der Waals surface area contributed by atoms with Crippen LogP contribution >= 0.6 is 12.2 Å². The minimum Gasteiger partial charge on any atom is -0.466 e. The van der Waals surface area contributed by atoms with Gasteiger partial charge in [0.05, 0.1) is 11.6 Å². The molecule has 0 spiro atoms. The fourth-order valence-corrected chi connectivity index (χ4v) is 1.99. The van der Waals surface area contributed by atoms with E-state index in [0.717, 1.165) is 0 Å². The number of carbonyl (C=O) groups excluding carboxylic acids is 2. The summed E-state index contributed by atoms with van der Waals surface area (Å²) in [5.74, 6) is -1.49. The molecule has 0 saturated heterocycles. The van der Waals surface area contributed by atoms with Crippen LogP contribution in [0.4, 0.5) is 0 Å². The lowest BCUT2D eigenvalue weighted by molar-refractivity contribution is -0.162. The molecule has 0 radical (unpaired) electrons. The van der Waals surface area contributed by atoms with Crippen LogP contribution in [0.2, 0.25) is 0 Å². The van der Waals surface area contributed by atoms with Gasteiger partial charge < -0.3 is 14.4 Å². The van der Waals surface area contributed by atoms with Gasteiger partial charge in [0, 0.05) is 26.6 Å². The zero-order chi connectivity index (χ0) is 14.6. The monoisotopic (exact) mass is 285 g/mol. The highest BCUT2D eigenvalue weighted by Crippen LogP contribution is 2.32.